The molecule has 0 aliphatic heterocycles. The lowest BCUT2D eigenvalue weighted by Gasteiger charge is -2.15. The minimum absolute atomic E-state index is 0.320. The van der Waals surface area contributed by atoms with Crippen LogP contribution in [0.4, 0.5) is 0 Å². The summed E-state index contributed by atoms with van der Waals surface area (Å²) in [5.74, 6) is 0.557. The summed E-state index contributed by atoms with van der Waals surface area (Å²) in [6.07, 6.45) is -0.253. The van der Waals surface area contributed by atoms with E-state index in [1.807, 2.05) is 11.4 Å². The van der Waals surface area contributed by atoms with Crippen LogP contribution in [0.2, 0.25) is 0 Å². The summed E-state index contributed by atoms with van der Waals surface area (Å²) in [5, 5.41) is 15.0. The predicted octanol–water partition coefficient (Wildman–Crippen LogP) is 2.79. The smallest absolute Gasteiger partial charge is 0.253 e. The van der Waals surface area contributed by atoms with Gasteiger partial charge < -0.3 is 15.2 Å². The van der Waals surface area contributed by atoms with Crippen molar-refractivity contribution in [3.63, 3.8) is 0 Å². The van der Waals surface area contributed by atoms with E-state index >= 15 is 0 Å². The fourth-order valence-corrected chi connectivity index (χ4v) is 3.05. The van der Waals surface area contributed by atoms with Crippen LogP contribution in [0.1, 0.15) is 23.5 Å². The van der Waals surface area contributed by atoms with Gasteiger partial charge >= 0.3 is 0 Å². The van der Waals surface area contributed by atoms with Crippen LogP contribution in [-0.4, -0.2) is 24.7 Å². The average molecular weight is 319 g/mol. The maximum Gasteiger partial charge on any atom is 0.253 e. The summed E-state index contributed by atoms with van der Waals surface area (Å²) in [4.78, 5) is 13.4. The Bertz CT molecular complexity index is 598. The number of ether oxygens (including phenoxy) is 1. The molecule has 1 amide bonds. The summed E-state index contributed by atoms with van der Waals surface area (Å²) >= 11 is 1.72. The van der Waals surface area contributed by atoms with E-state index in [2.05, 4.69) is 18.3 Å². The van der Waals surface area contributed by atoms with E-state index in [1.165, 1.54) is 4.88 Å². The summed E-state index contributed by atoms with van der Waals surface area (Å²) < 4.78 is 5.10. The predicted molar refractivity (Wildman–Crippen MR) is 88.2 cm³/mol. The topological polar surface area (TPSA) is 58.6 Å². The molecule has 0 bridgehead atoms. The molecule has 2 N–H and O–H groups in total. The van der Waals surface area contributed by atoms with E-state index < -0.39 is 6.10 Å². The molecular weight excluding hydrogens is 298 g/mol. The molecule has 2 rings (SSSR count). The molecule has 5 heteroatoms. The molecule has 0 aliphatic rings. The molecule has 0 spiro atoms. The van der Waals surface area contributed by atoms with E-state index in [0.717, 1.165) is 6.42 Å². The molecule has 0 radical (unpaired) electrons. The van der Waals surface area contributed by atoms with Gasteiger partial charge in [-0.05, 0) is 41.5 Å². The normalized spacial score (nSPS) is 13.4. The van der Waals surface area contributed by atoms with Crippen molar-refractivity contribution in [2.45, 2.75) is 19.4 Å². The van der Waals surface area contributed by atoms with Gasteiger partial charge in [-0.3, -0.25) is 4.79 Å². The Hall–Kier alpha value is -1.85. The molecule has 0 saturated carbocycles. The SMILES string of the molecule is COc1cccc(C(O)C(=O)NCC(C)Cc2cccs2)c1. The van der Waals surface area contributed by atoms with Gasteiger partial charge in [0.25, 0.3) is 5.91 Å². The molecule has 1 aromatic carbocycles. The van der Waals surface area contributed by atoms with Gasteiger partial charge in [0.1, 0.15) is 5.75 Å². The maximum absolute atomic E-state index is 12.1. The largest absolute Gasteiger partial charge is 0.497 e. The molecule has 22 heavy (non-hydrogen) atoms. The number of nitrogens with one attached hydrogen (secondary N) is 1. The highest BCUT2D eigenvalue weighted by molar-refractivity contribution is 7.09. The van der Waals surface area contributed by atoms with E-state index in [1.54, 1.807) is 42.7 Å². The molecule has 0 fully saturated rings. The number of methoxy groups -OCH3 is 1. The van der Waals surface area contributed by atoms with E-state index in [9.17, 15) is 9.90 Å². The number of rotatable bonds is 7. The monoisotopic (exact) mass is 319 g/mol. The Labute approximate surface area is 134 Å². The first-order valence-corrected chi connectivity index (χ1v) is 8.10. The van der Waals surface area contributed by atoms with Gasteiger partial charge in [-0.25, -0.2) is 0 Å². The van der Waals surface area contributed by atoms with Gasteiger partial charge in [-0.1, -0.05) is 25.1 Å². The standard InChI is InChI=1S/C17H21NO3S/c1-12(9-15-7-4-8-22-15)11-18-17(20)16(19)13-5-3-6-14(10-13)21-2/h3-8,10,12,16,19H,9,11H2,1-2H3,(H,18,20). The number of hydrogen-bond acceptors (Lipinski definition) is 4. The van der Waals surface area contributed by atoms with Crippen LogP contribution in [0.3, 0.4) is 0 Å². The molecule has 2 atom stereocenters. The van der Waals surface area contributed by atoms with E-state index in [4.69, 9.17) is 4.74 Å². The highest BCUT2D eigenvalue weighted by Crippen LogP contribution is 2.19. The molecule has 0 aliphatic carbocycles. The van der Waals surface area contributed by atoms with E-state index in [-0.39, 0.29) is 5.91 Å². The van der Waals surface area contributed by atoms with Gasteiger partial charge in [-0.15, -0.1) is 11.3 Å². The summed E-state index contributed by atoms with van der Waals surface area (Å²) in [5.41, 5.74) is 0.530. The third-order valence-corrected chi connectivity index (χ3v) is 4.31. The zero-order valence-electron chi connectivity index (χ0n) is 12.8. The van der Waals surface area contributed by atoms with Gasteiger partial charge in [0.15, 0.2) is 6.10 Å². The van der Waals surface area contributed by atoms with Crippen LogP contribution >= 0.6 is 11.3 Å². The number of benzene rings is 1. The Balaban J connectivity index is 1.85. The van der Waals surface area contributed by atoms with Crippen LogP contribution in [0.15, 0.2) is 41.8 Å². The fourth-order valence-electron chi connectivity index (χ4n) is 2.18. The van der Waals surface area contributed by atoms with Crippen molar-refractivity contribution >= 4 is 17.2 Å². The Morgan fingerprint density at radius 2 is 2.18 bits per heavy atom. The lowest BCUT2D eigenvalue weighted by Crippen LogP contribution is -2.33. The molecule has 1 heterocycles. The maximum atomic E-state index is 12.1. The fraction of sp³-hybridized carbons (Fsp3) is 0.353. The molecular formula is C17H21NO3S. The lowest BCUT2D eigenvalue weighted by atomic mass is 10.1. The van der Waals surface area contributed by atoms with Crippen molar-refractivity contribution in [1.82, 2.24) is 5.32 Å². The average Bonchev–Trinajstić information content (AvgIpc) is 3.04. The second-order valence-electron chi connectivity index (χ2n) is 5.31. The molecule has 2 aromatic rings. The Kier molecular flexibility index (Phi) is 5.98. The molecule has 1 aromatic heterocycles. The number of hydrogen-bond donors (Lipinski definition) is 2. The summed E-state index contributed by atoms with van der Waals surface area (Å²) in [6, 6.07) is 11.0. The molecule has 4 nitrogen and oxygen atoms in total. The first-order chi connectivity index (χ1) is 10.6. The zero-order valence-corrected chi connectivity index (χ0v) is 13.6. The third-order valence-electron chi connectivity index (χ3n) is 3.41. The van der Waals surface area contributed by atoms with Gasteiger partial charge in [0.2, 0.25) is 0 Å². The highest BCUT2D eigenvalue weighted by Gasteiger charge is 2.18. The second-order valence-corrected chi connectivity index (χ2v) is 6.35. The summed E-state index contributed by atoms with van der Waals surface area (Å²) in [6.45, 7) is 2.62. The van der Waals surface area contributed by atoms with Crippen molar-refractivity contribution in [3.05, 3.63) is 52.2 Å². The van der Waals surface area contributed by atoms with Crippen molar-refractivity contribution in [1.29, 1.82) is 0 Å². The number of carbonyl (C=O) groups is 1. The van der Waals surface area contributed by atoms with E-state index in [0.29, 0.717) is 23.8 Å². The first kappa shape index (κ1) is 16.5. The number of aliphatic hydroxyl groups excluding tert-OH is 1. The molecule has 118 valence electrons. The van der Waals surface area contributed by atoms with Crippen LogP contribution in [0, 0.1) is 5.92 Å². The van der Waals surface area contributed by atoms with Crippen molar-refractivity contribution < 1.29 is 14.6 Å². The van der Waals surface area contributed by atoms with Crippen molar-refractivity contribution in [2.75, 3.05) is 13.7 Å². The second kappa shape index (κ2) is 7.96. The molecule has 2 unspecified atom stereocenters. The number of aliphatic hydroxyl groups is 1. The summed E-state index contributed by atoms with van der Waals surface area (Å²) in [7, 11) is 1.55. The highest BCUT2D eigenvalue weighted by atomic mass is 32.1. The molecule has 0 saturated heterocycles. The number of carbonyl (C=O) groups excluding carboxylic acids is 1. The van der Waals surface area contributed by atoms with Crippen LogP contribution in [0.25, 0.3) is 0 Å². The first-order valence-electron chi connectivity index (χ1n) is 7.22. The van der Waals surface area contributed by atoms with Crippen molar-refractivity contribution in [2.24, 2.45) is 5.92 Å². The Morgan fingerprint density at radius 1 is 1.36 bits per heavy atom. The van der Waals surface area contributed by atoms with Crippen LogP contribution in [-0.2, 0) is 11.2 Å². The lowest BCUT2D eigenvalue weighted by molar-refractivity contribution is -0.129. The van der Waals surface area contributed by atoms with Gasteiger partial charge in [-0.2, -0.15) is 0 Å². The van der Waals surface area contributed by atoms with Crippen LogP contribution in [0.5, 0.6) is 5.75 Å². The van der Waals surface area contributed by atoms with Gasteiger partial charge in [0, 0.05) is 11.4 Å². The minimum atomic E-state index is -1.18. The van der Waals surface area contributed by atoms with Crippen LogP contribution < -0.4 is 10.1 Å². The van der Waals surface area contributed by atoms with Crippen molar-refractivity contribution in [3.8, 4) is 5.75 Å². The number of amides is 1. The Morgan fingerprint density at radius 3 is 2.86 bits per heavy atom. The third kappa shape index (κ3) is 4.58. The minimum Gasteiger partial charge on any atom is -0.497 e. The quantitative estimate of drug-likeness (QED) is 0.825. The van der Waals surface area contributed by atoms with Gasteiger partial charge in [0.05, 0.1) is 7.11 Å². The zero-order chi connectivity index (χ0) is 15.9. The number of thiophene rings is 1.